The van der Waals surface area contributed by atoms with Crippen LogP contribution in [0.4, 0.5) is 0 Å². The van der Waals surface area contributed by atoms with E-state index < -0.39 is 5.63 Å². The van der Waals surface area contributed by atoms with Gasteiger partial charge in [-0.2, -0.15) is 10.2 Å². The van der Waals surface area contributed by atoms with Crippen molar-refractivity contribution in [3.63, 3.8) is 0 Å². The molecule has 8 heteroatoms. The summed E-state index contributed by atoms with van der Waals surface area (Å²) in [6.07, 6.45) is 3.46. The molecule has 3 aromatic carbocycles. The van der Waals surface area contributed by atoms with E-state index in [4.69, 9.17) is 9.52 Å². The minimum atomic E-state index is -0.454. The Hall–Kier alpha value is -4.56. The number of aryl methyl sites for hydroxylation is 1. The lowest BCUT2D eigenvalue weighted by Gasteiger charge is -2.01. The molecule has 0 aliphatic carbocycles. The summed E-state index contributed by atoms with van der Waals surface area (Å²) >= 11 is 1.56. The summed E-state index contributed by atoms with van der Waals surface area (Å²) in [4.78, 5) is 13.7. The predicted octanol–water partition coefficient (Wildman–Crippen LogP) is 5.13. The molecule has 7 nitrogen and oxygen atoms in total. The minimum absolute atomic E-state index is 0.368. The smallest absolute Gasteiger partial charge is 0.345 e. The van der Waals surface area contributed by atoms with Crippen LogP contribution in [0.15, 0.2) is 111 Å². The minimum Gasteiger partial charge on any atom is -0.422 e. The third kappa shape index (κ3) is 3.89. The molecule has 3 aromatic heterocycles. The SMILES string of the molecule is Cn1/c(=N\N=C\c2cn(-c3ccccc3)nc2-c2cc3ccccc3oc2=O)sc2ccccc21. The number of rotatable bonds is 4. The van der Waals surface area contributed by atoms with Crippen LogP contribution < -0.4 is 10.4 Å². The molecule has 6 rings (SSSR count). The molecule has 6 aromatic rings. The molecule has 0 N–H and O–H groups in total. The first kappa shape index (κ1) is 21.0. The van der Waals surface area contributed by atoms with E-state index in [0.717, 1.165) is 26.1 Å². The molecule has 0 spiro atoms. The van der Waals surface area contributed by atoms with Crippen molar-refractivity contribution in [3.8, 4) is 16.9 Å². The fraction of sp³-hybridized carbons (Fsp3) is 0.0370. The Morgan fingerprint density at radius 2 is 1.74 bits per heavy atom. The van der Waals surface area contributed by atoms with E-state index in [1.807, 2.05) is 78.5 Å². The Kier molecular flexibility index (Phi) is 5.20. The lowest BCUT2D eigenvalue weighted by atomic mass is 10.1. The standard InChI is InChI=1S/C27H19N5O2S/c1-31-22-12-6-8-14-24(22)35-27(31)29-28-16-19-17-32(20-10-3-2-4-11-20)30-25(19)21-15-18-9-5-7-13-23(18)34-26(21)33/h2-17H,1H3/b28-16+,29-27+. The van der Waals surface area contributed by atoms with E-state index in [0.29, 0.717) is 22.4 Å². The topological polar surface area (TPSA) is 77.7 Å². The zero-order chi connectivity index (χ0) is 23.8. The highest BCUT2D eigenvalue weighted by Gasteiger charge is 2.16. The summed E-state index contributed by atoms with van der Waals surface area (Å²) in [6, 6.07) is 27.0. The second-order valence-electron chi connectivity index (χ2n) is 7.95. The molecular formula is C27H19N5O2S. The van der Waals surface area contributed by atoms with Crippen LogP contribution >= 0.6 is 11.3 Å². The molecule has 0 bridgehead atoms. The Morgan fingerprint density at radius 1 is 0.971 bits per heavy atom. The fourth-order valence-corrected chi connectivity index (χ4v) is 4.93. The highest BCUT2D eigenvalue weighted by molar-refractivity contribution is 7.16. The van der Waals surface area contributed by atoms with Crippen LogP contribution in [0.5, 0.6) is 0 Å². The van der Waals surface area contributed by atoms with Crippen molar-refractivity contribution in [2.75, 3.05) is 0 Å². The summed E-state index contributed by atoms with van der Waals surface area (Å²) < 4.78 is 10.4. The van der Waals surface area contributed by atoms with Gasteiger partial charge in [0.15, 0.2) is 0 Å². The van der Waals surface area contributed by atoms with Gasteiger partial charge in [0.2, 0.25) is 4.80 Å². The average molecular weight is 478 g/mol. The van der Waals surface area contributed by atoms with Crippen LogP contribution in [0, 0.1) is 0 Å². The average Bonchev–Trinajstić information content (AvgIpc) is 3.45. The zero-order valence-corrected chi connectivity index (χ0v) is 19.5. The monoisotopic (exact) mass is 477 g/mol. The van der Waals surface area contributed by atoms with Crippen molar-refractivity contribution in [2.24, 2.45) is 17.3 Å². The molecule has 35 heavy (non-hydrogen) atoms. The predicted molar refractivity (Wildman–Crippen MR) is 139 cm³/mol. The molecule has 0 radical (unpaired) electrons. The van der Waals surface area contributed by atoms with Gasteiger partial charge in [0.25, 0.3) is 0 Å². The first-order valence-electron chi connectivity index (χ1n) is 11.0. The highest BCUT2D eigenvalue weighted by atomic mass is 32.1. The molecule has 0 fully saturated rings. The Morgan fingerprint density at radius 3 is 2.60 bits per heavy atom. The molecule has 170 valence electrons. The maximum absolute atomic E-state index is 12.9. The van der Waals surface area contributed by atoms with Crippen LogP contribution in [0.25, 0.3) is 38.1 Å². The van der Waals surface area contributed by atoms with Gasteiger partial charge < -0.3 is 8.98 Å². The van der Waals surface area contributed by atoms with Crippen LogP contribution in [-0.2, 0) is 7.05 Å². The number of fused-ring (bicyclic) bond motifs is 2. The lowest BCUT2D eigenvalue weighted by molar-refractivity contribution is 0.563. The first-order valence-corrected chi connectivity index (χ1v) is 11.8. The summed E-state index contributed by atoms with van der Waals surface area (Å²) in [5, 5.41) is 14.3. The molecule has 3 heterocycles. The molecule has 0 atom stereocenters. The zero-order valence-electron chi connectivity index (χ0n) is 18.7. The van der Waals surface area contributed by atoms with Crippen molar-refractivity contribution < 1.29 is 4.42 Å². The third-order valence-corrected chi connectivity index (χ3v) is 6.82. The Bertz CT molecular complexity index is 1840. The van der Waals surface area contributed by atoms with Gasteiger partial charge in [-0.1, -0.05) is 59.9 Å². The molecule has 0 saturated carbocycles. The van der Waals surface area contributed by atoms with Gasteiger partial charge in [-0.15, -0.1) is 5.10 Å². The fourth-order valence-electron chi connectivity index (χ4n) is 3.95. The van der Waals surface area contributed by atoms with Gasteiger partial charge in [-0.3, -0.25) is 0 Å². The maximum atomic E-state index is 12.9. The first-order chi connectivity index (χ1) is 17.2. The number of para-hydroxylation sites is 3. The van der Waals surface area contributed by atoms with Crippen molar-refractivity contribution in [1.82, 2.24) is 14.3 Å². The quantitative estimate of drug-likeness (QED) is 0.201. The van der Waals surface area contributed by atoms with Crippen LogP contribution in [0.1, 0.15) is 5.56 Å². The van der Waals surface area contributed by atoms with Crippen molar-refractivity contribution in [2.45, 2.75) is 0 Å². The summed E-state index contributed by atoms with van der Waals surface area (Å²) in [7, 11) is 1.96. The molecule has 0 aliphatic rings. The summed E-state index contributed by atoms with van der Waals surface area (Å²) in [5.41, 5.74) is 3.55. The van der Waals surface area contributed by atoms with Gasteiger partial charge in [0, 0.05) is 24.2 Å². The Balaban J connectivity index is 1.49. The van der Waals surface area contributed by atoms with Crippen LogP contribution in [0.3, 0.4) is 0 Å². The lowest BCUT2D eigenvalue weighted by Crippen LogP contribution is -2.09. The summed E-state index contributed by atoms with van der Waals surface area (Å²) in [6.45, 7) is 0. The van der Waals surface area contributed by atoms with Crippen molar-refractivity contribution >= 4 is 38.7 Å². The Labute approximate surface area is 203 Å². The number of aromatic nitrogens is 3. The van der Waals surface area contributed by atoms with E-state index in [1.165, 1.54) is 0 Å². The number of nitrogens with zero attached hydrogens (tertiary/aromatic N) is 5. The van der Waals surface area contributed by atoms with Crippen molar-refractivity contribution in [1.29, 1.82) is 0 Å². The van der Waals surface area contributed by atoms with Gasteiger partial charge >= 0.3 is 5.63 Å². The van der Waals surface area contributed by atoms with E-state index >= 15 is 0 Å². The van der Waals surface area contributed by atoms with Crippen LogP contribution in [-0.4, -0.2) is 20.6 Å². The van der Waals surface area contributed by atoms with E-state index in [-0.39, 0.29) is 0 Å². The number of hydrogen-bond donors (Lipinski definition) is 0. The molecule has 0 unspecified atom stereocenters. The largest absolute Gasteiger partial charge is 0.422 e. The number of benzene rings is 3. The second-order valence-corrected chi connectivity index (χ2v) is 8.96. The van der Waals surface area contributed by atoms with Crippen molar-refractivity contribution in [3.05, 3.63) is 112 Å². The van der Waals surface area contributed by atoms with Gasteiger partial charge in [-0.25, -0.2) is 9.48 Å². The second kappa shape index (κ2) is 8.66. The number of hydrogen-bond acceptors (Lipinski definition) is 6. The van der Waals surface area contributed by atoms with E-state index in [1.54, 1.807) is 34.4 Å². The normalized spacial score (nSPS) is 12.3. The molecule has 0 amide bonds. The van der Waals surface area contributed by atoms with E-state index in [9.17, 15) is 4.79 Å². The molecular weight excluding hydrogens is 458 g/mol. The molecule has 0 aliphatic heterocycles. The number of thiazole rings is 1. The van der Waals surface area contributed by atoms with Gasteiger partial charge in [0.1, 0.15) is 11.3 Å². The van der Waals surface area contributed by atoms with E-state index in [2.05, 4.69) is 22.3 Å². The third-order valence-electron chi connectivity index (χ3n) is 5.71. The summed E-state index contributed by atoms with van der Waals surface area (Å²) in [5.74, 6) is 0. The molecule has 0 saturated heterocycles. The maximum Gasteiger partial charge on any atom is 0.345 e. The van der Waals surface area contributed by atoms with Gasteiger partial charge in [0.05, 0.1) is 27.7 Å². The highest BCUT2D eigenvalue weighted by Crippen LogP contribution is 2.24. The van der Waals surface area contributed by atoms with Crippen LogP contribution in [0.2, 0.25) is 0 Å². The van der Waals surface area contributed by atoms with Gasteiger partial charge in [-0.05, 0) is 36.4 Å².